The molecule has 2 rings (SSSR count). The Hall–Kier alpha value is -1.18. The molecular formula is C11H13NO. The van der Waals surface area contributed by atoms with Crippen LogP contribution >= 0.6 is 0 Å². The minimum Gasteiger partial charge on any atom is -0.299 e. The Bertz CT molecular complexity index is 307. The lowest BCUT2D eigenvalue weighted by Gasteiger charge is -1.98. The fraction of sp³-hybridized carbons (Fsp3) is 0.455. The van der Waals surface area contributed by atoms with Crippen LogP contribution in [0.3, 0.4) is 0 Å². The lowest BCUT2D eigenvalue weighted by Crippen LogP contribution is -2.05. The molecule has 1 aliphatic carbocycles. The molecule has 1 fully saturated rings. The molecule has 0 bridgehead atoms. The number of hydrogen-bond acceptors (Lipinski definition) is 2. The monoisotopic (exact) mass is 175 g/mol. The largest absolute Gasteiger partial charge is 0.299 e. The summed E-state index contributed by atoms with van der Waals surface area (Å²) in [4.78, 5) is 15.5. The van der Waals surface area contributed by atoms with E-state index in [9.17, 15) is 4.79 Å². The Kier molecular flexibility index (Phi) is 2.13. The smallest absolute Gasteiger partial charge is 0.140 e. The molecule has 0 aliphatic heterocycles. The quantitative estimate of drug-likeness (QED) is 0.701. The highest BCUT2D eigenvalue weighted by Gasteiger charge is 2.38. The first kappa shape index (κ1) is 8.42. The van der Waals surface area contributed by atoms with E-state index in [2.05, 4.69) is 11.9 Å². The van der Waals surface area contributed by atoms with Gasteiger partial charge >= 0.3 is 0 Å². The molecule has 2 nitrogen and oxygen atoms in total. The van der Waals surface area contributed by atoms with E-state index in [1.54, 1.807) is 12.4 Å². The van der Waals surface area contributed by atoms with Crippen LogP contribution in [0.2, 0.25) is 0 Å². The minimum absolute atomic E-state index is 0.341. The molecule has 1 aliphatic rings. The van der Waals surface area contributed by atoms with Crippen LogP contribution in [0.1, 0.15) is 18.9 Å². The van der Waals surface area contributed by atoms with Gasteiger partial charge in [-0.15, -0.1) is 0 Å². The van der Waals surface area contributed by atoms with Crippen LogP contribution in [0, 0.1) is 11.8 Å². The predicted molar refractivity (Wildman–Crippen MR) is 50.2 cm³/mol. The van der Waals surface area contributed by atoms with Crippen molar-refractivity contribution in [3.63, 3.8) is 0 Å². The maximum absolute atomic E-state index is 11.6. The third-order valence-electron chi connectivity index (χ3n) is 2.65. The number of carbonyl (C=O) groups excluding carboxylic acids is 1. The molecule has 1 heterocycles. The van der Waals surface area contributed by atoms with Crippen LogP contribution in [0.5, 0.6) is 0 Å². The molecule has 13 heavy (non-hydrogen) atoms. The number of carbonyl (C=O) groups is 1. The first-order valence-electron chi connectivity index (χ1n) is 4.69. The first-order valence-corrected chi connectivity index (χ1v) is 4.69. The summed E-state index contributed by atoms with van der Waals surface area (Å²) in [6.07, 6.45) is 5.14. The number of aromatic nitrogens is 1. The third-order valence-corrected chi connectivity index (χ3v) is 2.65. The van der Waals surface area contributed by atoms with E-state index in [4.69, 9.17) is 0 Å². The SMILES string of the molecule is CC1CC1C(=O)Cc1ccncc1. The molecule has 0 amide bonds. The Morgan fingerprint density at radius 2 is 2.15 bits per heavy atom. The van der Waals surface area contributed by atoms with E-state index in [1.165, 1.54) is 0 Å². The zero-order chi connectivity index (χ0) is 9.26. The summed E-state index contributed by atoms with van der Waals surface area (Å²) in [6, 6.07) is 3.82. The Labute approximate surface area is 78.0 Å². The van der Waals surface area contributed by atoms with Crippen molar-refractivity contribution in [1.29, 1.82) is 0 Å². The molecule has 0 aromatic carbocycles. The van der Waals surface area contributed by atoms with Crippen molar-refractivity contribution in [3.05, 3.63) is 30.1 Å². The van der Waals surface area contributed by atoms with Crippen molar-refractivity contribution >= 4 is 5.78 Å². The fourth-order valence-electron chi connectivity index (χ4n) is 1.60. The maximum Gasteiger partial charge on any atom is 0.140 e. The summed E-state index contributed by atoms with van der Waals surface area (Å²) in [7, 11) is 0. The average molecular weight is 175 g/mol. The Balaban J connectivity index is 1.95. The van der Waals surface area contributed by atoms with E-state index in [1.807, 2.05) is 12.1 Å². The van der Waals surface area contributed by atoms with Crippen molar-refractivity contribution < 1.29 is 4.79 Å². The molecule has 0 radical (unpaired) electrons. The zero-order valence-corrected chi connectivity index (χ0v) is 7.73. The minimum atomic E-state index is 0.341. The van der Waals surface area contributed by atoms with Crippen molar-refractivity contribution in [1.82, 2.24) is 4.98 Å². The van der Waals surface area contributed by atoms with Gasteiger partial charge in [-0.05, 0) is 30.0 Å². The van der Waals surface area contributed by atoms with Gasteiger partial charge in [0.15, 0.2) is 0 Å². The van der Waals surface area contributed by atoms with Gasteiger partial charge in [-0.25, -0.2) is 0 Å². The first-order chi connectivity index (χ1) is 6.27. The molecule has 0 saturated heterocycles. The highest BCUT2D eigenvalue weighted by atomic mass is 16.1. The van der Waals surface area contributed by atoms with Gasteiger partial charge in [-0.2, -0.15) is 0 Å². The average Bonchev–Trinajstić information content (AvgIpc) is 2.84. The number of pyridine rings is 1. The Morgan fingerprint density at radius 3 is 2.69 bits per heavy atom. The lowest BCUT2D eigenvalue weighted by molar-refractivity contribution is -0.119. The van der Waals surface area contributed by atoms with Crippen LogP contribution in [0.4, 0.5) is 0 Å². The molecule has 1 aromatic rings. The standard InChI is InChI=1S/C11H13NO/c1-8-6-10(8)11(13)7-9-2-4-12-5-3-9/h2-5,8,10H,6-7H2,1H3. The van der Waals surface area contributed by atoms with Crippen molar-refractivity contribution in [2.75, 3.05) is 0 Å². The van der Waals surface area contributed by atoms with Crippen LogP contribution in [-0.2, 0) is 11.2 Å². The summed E-state index contributed by atoms with van der Waals surface area (Å²) in [5.41, 5.74) is 1.08. The molecule has 1 saturated carbocycles. The van der Waals surface area contributed by atoms with Gasteiger partial charge in [0.05, 0.1) is 0 Å². The van der Waals surface area contributed by atoms with Gasteiger partial charge in [0.1, 0.15) is 5.78 Å². The molecule has 2 heteroatoms. The molecule has 2 unspecified atom stereocenters. The molecule has 0 N–H and O–H groups in total. The summed E-state index contributed by atoms with van der Waals surface area (Å²) >= 11 is 0. The molecular weight excluding hydrogens is 162 g/mol. The van der Waals surface area contributed by atoms with Gasteiger partial charge in [0.2, 0.25) is 0 Å². The van der Waals surface area contributed by atoms with E-state index >= 15 is 0 Å². The van der Waals surface area contributed by atoms with Crippen molar-refractivity contribution in [3.8, 4) is 0 Å². The second kappa shape index (κ2) is 3.29. The van der Waals surface area contributed by atoms with E-state index in [-0.39, 0.29) is 0 Å². The highest BCUT2D eigenvalue weighted by Crippen LogP contribution is 2.38. The number of nitrogens with zero attached hydrogens (tertiary/aromatic N) is 1. The lowest BCUT2D eigenvalue weighted by atomic mass is 10.1. The summed E-state index contributed by atoms with van der Waals surface area (Å²) in [5.74, 6) is 1.35. The number of rotatable bonds is 3. The number of ketones is 1. The maximum atomic E-state index is 11.6. The number of hydrogen-bond donors (Lipinski definition) is 0. The topological polar surface area (TPSA) is 30.0 Å². The predicted octanol–water partition coefficient (Wildman–Crippen LogP) is 1.85. The zero-order valence-electron chi connectivity index (χ0n) is 7.73. The number of Topliss-reactive ketones (excluding diaryl/α,β-unsaturated/α-hetero) is 1. The van der Waals surface area contributed by atoms with E-state index in [0.717, 1.165) is 12.0 Å². The van der Waals surface area contributed by atoms with Gasteiger partial charge < -0.3 is 0 Å². The summed E-state index contributed by atoms with van der Waals surface area (Å²) < 4.78 is 0. The summed E-state index contributed by atoms with van der Waals surface area (Å²) in [5, 5.41) is 0. The van der Waals surface area contributed by atoms with Gasteiger partial charge in [-0.1, -0.05) is 6.92 Å². The van der Waals surface area contributed by atoms with Crippen LogP contribution in [0.25, 0.3) is 0 Å². The van der Waals surface area contributed by atoms with E-state index < -0.39 is 0 Å². The van der Waals surface area contributed by atoms with Crippen molar-refractivity contribution in [2.45, 2.75) is 19.8 Å². The third kappa shape index (κ3) is 1.94. The fourth-order valence-corrected chi connectivity index (χ4v) is 1.60. The normalized spacial score (nSPS) is 25.6. The molecule has 0 spiro atoms. The van der Waals surface area contributed by atoms with Gasteiger partial charge in [0, 0.05) is 24.7 Å². The van der Waals surface area contributed by atoms with Gasteiger partial charge in [-0.3, -0.25) is 9.78 Å². The van der Waals surface area contributed by atoms with Crippen molar-refractivity contribution in [2.24, 2.45) is 11.8 Å². The summed E-state index contributed by atoms with van der Waals surface area (Å²) in [6.45, 7) is 2.13. The van der Waals surface area contributed by atoms with Crippen LogP contribution in [-0.4, -0.2) is 10.8 Å². The van der Waals surface area contributed by atoms with Gasteiger partial charge in [0.25, 0.3) is 0 Å². The van der Waals surface area contributed by atoms with Crippen LogP contribution < -0.4 is 0 Å². The molecule has 2 atom stereocenters. The second-order valence-corrected chi connectivity index (χ2v) is 3.82. The highest BCUT2D eigenvalue weighted by molar-refractivity contribution is 5.85. The molecule has 68 valence electrons. The second-order valence-electron chi connectivity index (χ2n) is 3.82. The van der Waals surface area contributed by atoms with Crippen LogP contribution in [0.15, 0.2) is 24.5 Å². The molecule has 1 aromatic heterocycles. The van der Waals surface area contributed by atoms with E-state index in [0.29, 0.717) is 24.0 Å². The Morgan fingerprint density at radius 1 is 1.54 bits per heavy atom.